The average molecular weight is 317 g/mol. The fraction of sp³-hybridized carbons (Fsp3) is 0.538. The molecule has 1 aromatic carbocycles. The molecule has 1 aromatic rings. The lowest BCUT2D eigenvalue weighted by molar-refractivity contribution is 0.282. The van der Waals surface area contributed by atoms with E-state index in [0.29, 0.717) is 6.54 Å². The van der Waals surface area contributed by atoms with Gasteiger partial charge in [0.25, 0.3) is 0 Å². The molecule has 0 radical (unpaired) electrons. The Balaban J connectivity index is 2.71. The lowest BCUT2D eigenvalue weighted by Gasteiger charge is -2.20. The second kappa shape index (κ2) is 8.48. The van der Waals surface area contributed by atoms with Crippen molar-refractivity contribution in [2.75, 3.05) is 26.8 Å². The van der Waals surface area contributed by atoms with Crippen LogP contribution in [-0.2, 0) is 0 Å². The van der Waals surface area contributed by atoms with Gasteiger partial charge in [0.15, 0.2) is 0 Å². The van der Waals surface area contributed by atoms with Crippen molar-refractivity contribution in [1.29, 1.82) is 0 Å². The van der Waals surface area contributed by atoms with Crippen molar-refractivity contribution in [3.8, 4) is 5.75 Å². The molecule has 1 unspecified atom stereocenters. The van der Waals surface area contributed by atoms with Crippen LogP contribution in [0.1, 0.15) is 24.4 Å². The topological polar surface area (TPSA) is 67.5 Å². The molecule has 18 heavy (non-hydrogen) atoms. The molecule has 0 aromatic heterocycles. The van der Waals surface area contributed by atoms with E-state index in [-0.39, 0.29) is 12.6 Å². The average Bonchev–Trinajstić information content (AvgIpc) is 2.39. The first kappa shape index (κ1) is 15.4. The molecule has 0 bridgehead atoms. The number of nitrogens with two attached hydrogens (primary N) is 1. The number of aliphatic hydroxyl groups is 1. The molecular weight excluding hydrogens is 296 g/mol. The van der Waals surface area contributed by atoms with E-state index in [9.17, 15) is 0 Å². The van der Waals surface area contributed by atoms with E-state index in [2.05, 4.69) is 21.2 Å². The van der Waals surface area contributed by atoms with Crippen LogP contribution in [0.25, 0.3) is 0 Å². The second-order valence-corrected chi connectivity index (χ2v) is 4.98. The predicted molar refractivity (Wildman–Crippen MR) is 76.8 cm³/mol. The molecule has 0 heterocycles. The Morgan fingerprint density at radius 1 is 1.44 bits per heavy atom. The van der Waals surface area contributed by atoms with Crippen LogP contribution in [0.3, 0.4) is 0 Å². The van der Waals surface area contributed by atoms with Gasteiger partial charge in [0.05, 0.1) is 7.11 Å². The fourth-order valence-corrected chi connectivity index (χ4v) is 2.19. The molecule has 0 spiro atoms. The molecular formula is C13H21BrN2O2. The van der Waals surface area contributed by atoms with Crippen LogP contribution >= 0.6 is 15.9 Å². The molecule has 0 fully saturated rings. The maximum absolute atomic E-state index is 8.75. The molecule has 0 aliphatic rings. The van der Waals surface area contributed by atoms with Gasteiger partial charge in [-0.3, -0.25) is 0 Å². The third kappa shape index (κ3) is 4.57. The number of hydrogen-bond donors (Lipinski definition) is 3. The lowest BCUT2D eigenvalue weighted by Crippen LogP contribution is -2.29. The van der Waals surface area contributed by atoms with E-state index in [4.69, 9.17) is 15.6 Å². The zero-order valence-corrected chi connectivity index (χ0v) is 12.2. The summed E-state index contributed by atoms with van der Waals surface area (Å²) < 4.78 is 6.36. The number of aliphatic hydroxyl groups excluding tert-OH is 1. The third-order valence-electron chi connectivity index (χ3n) is 2.78. The molecule has 0 aliphatic carbocycles. The van der Waals surface area contributed by atoms with E-state index in [0.717, 1.165) is 35.2 Å². The van der Waals surface area contributed by atoms with Crippen LogP contribution in [0.5, 0.6) is 5.75 Å². The van der Waals surface area contributed by atoms with Gasteiger partial charge < -0.3 is 20.9 Å². The molecule has 1 rings (SSSR count). The summed E-state index contributed by atoms with van der Waals surface area (Å²) in [4.78, 5) is 0. The second-order valence-electron chi connectivity index (χ2n) is 4.06. The standard InChI is InChI=1S/C13H21BrN2O2/c1-18-13-5-4-10(14)8-11(13)12(9-15)16-6-2-3-7-17/h4-5,8,12,16-17H,2-3,6-7,9,15H2,1H3. The van der Waals surface area contributed by atoms with Gasteiger partial charge in [0.1, 0.15) is 5.75 Å². The van der Waals surface area contributed by atoms with E-state index in [1.165, 1.54) is 0 Å². The summed E-state index contributed by atoms with van der Waals surface area (Å²) in [6, 6.07) is 5.96. The van der Waals surface area contributed by atoms with Crippen molar-refractivity contribution in [2.45, 2.75) is 18.9 Å². The maximum atomic E-state index is 8.75. The number of rotatable bonds is 8. The number of nitrogens with one attached hydrogen (secondary N) is 1. The molecule has 1 atom stereocenters. The molecule has 0 saturated heterocycles. The van der Waals surface area contributed by atoms with Gasteiger partial charge >= 0.3 is 0 Å². The summed E-state index contributed by atoms with van der Waals surface area (Å²) in [5, 5.41) is 12.1. The number of halogens is 1. The molecule has 102 valence electrons. The minimum atomic E-state index is 0.0659. The predicted octanol–water partition coefficient (Wildman–Crippen LogP) is 1.82. The summed E-state index contributed by atoms with van der Waals surface area (Å²) >= 11 is 3.46. The maximum Gasteiger partial charge on any atom is 0.123 e. The van der Waals surface area contributed by atoms with E-state index in [1.54, 1.807) is 7.11 Å². The highest BCUT2D eigenvalue weighted by Gasteiger charge is 2.14. The monoisotopic (exact) mass is 316 g/mol. The van der Waals surface area contributed by atoms with E-state index >= 15 is 0 Å². The van der Waals surface area contributed by atoms with Crippen LogP contribution in [0.4, 0.5) is 0 Å². The van der Waals surface area contributed by atoms with Crippen molar-refractivity contribution in [2.24, 2.45) is 5.73 Å². The van der Waals surface area contributed by atoms with Crippen molar-refractivity contribution in [3.63, 3.8) is 0 Å². The molecule has 5 heteroatoms. The van der Waals surface area contributed by atoms with Gasteiger partial charge in [-0.05, 0) is 37.6 Å². The highest BCUT2D eigenvalue weighted by Crippen LogP contribution is 2.28. The van der Waals surface area contributed by atoms with Gasteiger partial charge in [-0.1, -0.05) is 15.9 Å². The summed E-state index contributed by atoms with van der Waals surface area (Å²) in [5.41, 5.74) is 6.86. The van der Waals surface area contributed by atoms with Crippen molar-refractivity contribution in [1.82, 2.24) is 5.32 Å². The van der Waals surface area contributed by atoms with Gasteiger partial charge in [0, 0.05) is 29.2 Å². The normalized spacial score (nSPS) is 12.4. The molecule has 0 saturated carbocycles. The van der Waals surface area contributed by atoms with Crippen LogP contribution in [0.15, 0.2) is 22.7 Å². The van der Waals surface area contributed by atoms with Gasteiger partial charge in [-0.25, -0.2) is 0 Å². The first-order valence-electron chi connectivity index (χ1n) is 6.10. The van der Waals surface area contributed by atoms with Crippen molar-refractivity contribution >= 4 is 15.9 Å². The first-order valence-corrected chi connectivity index (χ1v) is 6.90. The summed E-state index contributed by atoms with van der Waals surface area (Å²) in [6.45, 7) is 1.57. The molecule has 0 aliphatic heterocycles. The van der Waals surface area contributed by atoms with Gasteiger partial charge in [-0.15, -0.1) is 0 Å². The Hall–Kier alpha value is -0.620. The summed E-state index contributed by atoms with van der Waals surface area (Å²) in [5.74, 6) is 0.836. The van der Waals surface area contributed by atoms with Crippen LogP contribution in [0, 0.1) is 0 Å². The molecule has 4 nitrogen and oxygen atoms in total. The SMILES string of the molecule is COc1ccc(Br)cc1C(CN)NCCCCO. The highest BCUT2D eigenvalue weighted by molar-refractivity contribution is 9.10. The first-order chi connectivity index (χ1) is 8.72. The zero-order valence-electron chi connectivity index (χ0n) is 10.7. The van der Waals surface area contributed by atoms with Gasteiger partial charge in [-0.2, -0.15) is 0 Å². The fourth-order valence-electron chi connectivity index (χ4n) is 1.81. The van der Waals surface area contributed by atoms with Crippen LogP contribution < -0.4 is 15.8 Å². The minimum Gasteiger partial charge on any atom is -0.496 e. The summed E-state index contributed by atoms with van der Waals surface area (Å²) in [7, 11) is 1.66. The van der Waals surface area contributed by atoms with Crippen molar-refractivity contribution < 1.29 is 9.84 Å². The Labute approximate surface area is 117 Å². The quantitative estimate of drug-likeness (QED) is 0.640. The van der Waals surface area contributed by atoms with Crippen molar-refractivity contribution in [3.05, 3.63) is 28.2 Å². The number of unbranched alkanes of at least 4 members (excludes halogenated alkanes) is 1. The third-order valence-corrected chi connectivity index (χ3v) is 3.27. The lowest BCUT2D eigenvalue weighted by atomic mass is 10.1. The Morgan fingerprint density at radius 2 is 2.22 bits per heavy atom. The number of methoxy groups -OCH3 is 1. The Bertz CT molecular complexity index is 361. The molecule has 4 N–H and O–H groups in total. The van der Waals surface area contributed by atoms with Crippen LogP contribution in [-0.4, -0.2) is 31.9 Å². The number of benzene rings is 1. The van der Waals surface area contributed by atoms with E-state index in [1.807, 2.05) is 18.2 Å². The summed E-state index contributed by atoms with van der Waals surface area (Å²) in [6.07, 6.45) is 1.74. The van der Waals surface area contributed by atoms with Gasteiger partial charge in [0.2, 0.25) is 0 Å². The Morgan fingerprint density at radius 3 is 2.83 bits per heavy atom. The Kier molecular flexibility index (Phi) is 7.27. The minimum absolute atomic E-state index is 0.0659. The van der Waals surface area contributed by atoms with Crippen LogP contribution in [0.2, 0.25) is 0 Å². The highest BCUT2D eigenvalue weighted by atomic mass is 79.9. The largest absolute Gasteiger partial charge is 0.496 e. The smallest absolute Gasteiger partial charge is 0.123 e. The number of ether oxygens (including phenoxy) is 1. The number of hydrogen-bond acceptors (Lipinski definition) is 4. The zero-order chi connectivity index (χ0) is 13.4. The molecule has 0 amide bonds. The van der Waals surface area contributed by atoms with E-state index < -0.39 is 0 Å².